The molecule has 0 bridgehead atoms. The van der Waals surface area contributed by atoms with Crippen LogP contribution in [0.5, 0.6) is 0 Å². The number of carbonyl (C=O) groups is 2. The lowest BCUT2D eigenvalue weighted by Gasteiger charge is -2.20. The van der Waals surface area contributed by atoms with Crippen LogP contribution in [-0.2, 0) is 9.59 Å². The summed E-state index contributed by atoms with van der Waals surface area (Å²) in [5, 5.41) is 3.28. The zero-order chi connectivity index (χ0) is 20.9. The SMILES string of the molecule is CC(C)C(=O)CCCN(C)C(C)C.CC(C)NCCN(C)C(=O)C(C)C. The summed E-state index contributed by atoms with van der Waals surface area (Å²) in [5.74, 6) is 0.899. The van der Waals surface area contributed by atoms with Gasteiger partial charge in [0.25, 0.3) is 0 Å². The predicted molar refractivity (Wildman–Crippen MR) is 112 cm³/mol. The van der Waals surface area contributed by atoms with Gasteiger partial charge in [0.1, 0.15) is 5.78 Å². The van der Waals surface area contributed by atoms with E-state index in [1.165, 1.54) is 0 Å². The summed E-state index contributed by atoms with van der Waals surface area (Å²) in [5.41, 5.74) is 0. The number of likely N-dealkylation sites (N-methyl/N-ethyl adjacent to an activating group) is 1. The zero-order valence-electron chi connectivity index (χ0n) is 19.1. The van der Waals surface area contributed by atoms with Crippen molar-refractivity contribution in [2.24, 2.45) is 11.8 Å². The first-order valence-electron chi connectivity index (χ1n) is 10.1. The quantitative estimate of drug-likeness (QED) is 0.604. The first kappa shape index (κ1) is 27.3. The van der Waals surface area contributed by atoms with Gasteiger partial charge in [0.2, 0.25) is 5.91 Å². The molecule has 0 saturated heterocycles. The highest BCUT2D eigenvalue weighted by molar-refractivity contribution is 5.80. The molecule has 0 aliphatic rings. The van der Waals surface area contributed by atoms with Crippen LogP contribution in [0.1, 0.15) is 68.2 Å². The maximum atomic E-state index is 11.4. The van der Waals surface area contributed by atoms with E-state index in [4.69, 9.17) is 0 Å². The molecule has 1 N–H and O–H groups in total. The topological polar surface area (TPSA) is 52.7 Å². The Morgan fingerprint density at radius 1 is 0.846 bits per heavy atom. The molecule has 0 aliphatic carbocycles. The zero-order valence-corrected chi connectivity index (χ0v) is 19.1. The standard InChI is InChI=1S/C11H23NO.C10H22N2O/c1-9(2)11(13)7-6-8-12(5)10(3)4;1-8(2)10(13)12(5)7-6-11-9(3)4/h9-10H,6-8H2,1-5H3;8-9,11H,6-7H2,1-5H3. The molecule has 0 heterocycles. The van der Waals surface area contributed by atoms with Crippen molar-refractivity contribution >= 4 is 11.7 Å². The monoisotopic (exact) mass is 371 g/mol. The summed E-state index contributed by atoms with van der Waals surface area (Å²) in [6.45, 7) is 19.0. The van der Waals surface area contributed by atoms with Crippen molar-refractivity contribution in [2.75, 3.05) is 33.7 Å². The second kappa shape index (κ2) is 15.2. The van der Waals surface area contributed by atoms with Crippen molar-refractivity contribution in [2.45, 2.75) is 80.3 Å². The highest BCUT2D eigenvalue weighted by atomic mass is 16.2. The summed E-state index contributed by atoms with van der Waals surface area (Å²) in [4.78, 5) is 26.7. The summed E-state index contributed by atoms with van der Waals surface area (Å²) in [6.07, 6.45) is 1.72. The van der Waals surface area contributed by atoms with E-state index in [-0.39, 0.29) is 17.7 Å². The first-order chi connectivity index (χ1) is 11.9. The van der Waals surface area contributed by atoms with Gasteiger partial charge in [0.05, 0.1) is 0 Å². The Morgan fingerprint density at radius 3 is 1.77 bits per heavy atom. The van der Waals surface area contributed by atoms with Crippen molar-refractivity contribution in [3.8, 4) is 0 Å². The van der Waals surface area contributed by atoms with Crippen molar-refractivity contribution in [1.29, 1.82) is 0 Å². The Bertz CT molecular complexity index is 379. The van der Waals surface area contributed by atoms with Gasteiger partial charge in [-0.1, -0.05) is 41.5 Å². The van der Waals surface area contributed by atoms with Crippen LogP contribution in [0.2, 0.25) is 0 Å². The number of hydrogen-bond donors (Lipinski definition) is 1. The smallest absolute Gasteiger partial charge is 0.224 e. The number of carbonyl (C=O) groups excluding carboxylic acids is 2. The lowest BCUT2D eigenvalue weighted by molar-refractivity contribution is -0.133. The van der Waals surface area contributed by atoms with Crippen LogP contribution < -0.4 is 5.32 Å². The number of rotatable bonds is 11. The third kappa shape index (κ3) is 15.3. The minimum atomic E-state index is 0.101. The normalized spacial score (nSPS) is 11.3. The minimum Gasteiger partial charge on any atom is -0.344 e. The summed E-state index contributed by atoms with van der Waals surface area (Å²) >= 11 is 0. The van der Waals surface area contributed by atoms with Crippen molar-refractivity contribution in [1.82, 2.24) is 15.1 Å². The molecule has 0 fully saturated rings. The van der Waals surface area contributed by atoms with E-state index < -0.39 is 0 Å². The van der Waals surface area contributed by atoms with Gasteiger partial charge in [-0.3, -0.25) is 9.59 Å². The minimum absolute atomic E-state index is 0.101. The van der Waals surface area contributed by atoms with E-state index in [0.29, 0.717) is 17.9 Å². The second-order valence-electron chi connectivity index (χ2n) is 8.32. The Kier molecular flexibility index (Phi) is 15.9. The fourth-order valence-electron chi connectivity index (χ4n) is 2.12. The van der Waals surface area contributed by atoms with E-state index >= 15 is 0 Å². The molecule has 0 unspecified atom stereocenters. The maximum absolute atomic E-state index is 11.4. The molecule has 0 rings (SSSR count). The molecule has 0 saturated carbocycles. The second-order valence-corrected chi connectivity index (χ2v) is 8.32. The number of ketones is 1. The van der Waals surface area contributed by atoms with E-state index in [9.17, 15) is 9.59 Å². The molecular weight excluding hydrogens is 326 g/mol. The highest BCUT2D eigenvalue weighted by Crippen LogP contribution is 2.04. The van der Waals surface area contributed by atoms with E-state index in [0.717, 1.165) is 32.5 Å². The van der Waals surface area contributed by atoms with Gasteiger partial charge in [-0.2, -0.15) is 0 Å². The average molecular weight is 372 g/mol. The van der Waals surface area contributed by atoms with Crippen LogP contribution in [0.25, 0.3) is 0 Å². The summed E-state index contributed by atoms with van der Waals surface area (Å²) < 4.78 is 0. The molecular formula is C21H45N3O2. The molecule has 0 atom stereocenters. The molecule has 5 heteroatoms. The van der Waals surface area contributed by atoms with E-state index in [2.05, 4.69) is 45.0 Å². The molecule has 0 radical (unpaired) electrons. The van der Waals surface area contributed by atoms with Crippen molar-refractivity contribution in [3.05, 3.63) is 0 Å². The lowest BCUT2D eigenvalue weighted by Crippen LogP contribution is -2.37. The van der Waals surface area contributed by atoms with Crippen LogP contribution in [-0.4, -0.2) is 67.3 Å². The van der Waals surface area contributed by atoms with Gasteiger partial charge >= 0.3 is 0 Å². The van der Waals surface area contributed by atoms with Gasteiger partial charge < -0.3 is 15.1 Å². The van der Waals surface area contributed by atoms with Crippen molar-refractivity contribution in [3.63, 3.8) is 0 Å². The molecule has 1 amide bonds. The van der Waals surface area contributed by atoms with Crippen LogP contribution in [0.3, 0.4) is 0 Å². The number of nitrogens with zero attached hydrogens (tertiary/aromatic N) is 2. The molecule has 5 nitrogen and oxygen atoms in total. The molecule has 0 aromatic heterocycles. The van der Waals surface area contributed by atoms with Crippen LogP contribution in [0.4, 0.5) is 0 Å². The fourth-order valence-corrected chi connectivity index (χ4v) is 2.12. The highest BCUT2D eigenvalue weighted by Gasteiger charge is 2.11. The third-order valence-electron chi connectivity index (χ3n) is 4.33. The Hall–Kier alpha value is -0.940. The van der Waals surface area contributed by atoms with Crippen LogP contribution in [0, 0.1) is 11.8 Å². The first-order valence-corrected chi connectivity index (χ1v) is 10.1. The van der Waals surface area contributed by atoms with Gasteiger partial charge in [0.15, 0.2) is 0 Å². The summed E-state index contributed by atoms with van der Waals surface area (Å²) in [7, 11) is 3.95. The Balaban J connectivity index is 0. The molecule has 0 aromatic carbocycles. The number of Topliss-reactive ketones (excluding diaryl/α,β-unsaturated/α-hetero) is 1. The average Bonchev–Trinajstić information content (AvgIpc) is 2.53. The van der Waals surface area contributed by atoms with Gasteiger partial charge in [-0.25, -0.2) is 0 Å². The maximum Gasteiger partial charge on any atom is 0.224 e. The molecule has 0 spiro atoms. The van der Waals surface area contributed by atoms with Gasteiger partial charge in [0, 0.05) is 50.5 Å². The molecule has 156 valence electrons. The number of nitrogens with one attached hydrogen (secondary N) is 1. The van der Waals surface area contributed by atoms with Crippen LogP contribution >= 0.6 is 0 Å². The molecule has 0 aromatic rings. The lowest BCUT2D eigenvalue weighted by atomic mass is 10.0. The van der Waals surface area contributed by atoms with Gasteiger partial charge in [-0.15, -0.1) is 0 Å². The Morgan fingerprint density at radius 2 is 1.38 bits per heavy atom. The fraction of sp³-hybridized carbons (Fsp3) is 0.905. The number of hydrogen-bond acceptors (Lipinski definition) is 4. The number of amides is 1. The molecule has 0 aliphatic heterocycles. The van der Waals surface area contributed by atoms with Crippen LogP contribution in [0.15, 0.2) is 0 Å². The third-order valence-corrected chi connectivity index (χ3v) is 4.33. The molecule has 26 heavy (non-hydrogen) atoms. The largest absolute Gasteiger partial charge is 0.344 e. The summed E-state index contributed by atoms with van der Waals surface area (Å²) in [6, 6.07) is 1.07. The predicted octanol–water partition coefficient (Wildman–Crippen LogP) is 3.43. The van der Waals surface area contributed by atoms with E-state index in [1.807, 2.05) is 34.7 Å². The van der Waals surface area contributed by atoms with E-state index in [1.54, 1.807) is 4.90 Å². The van der Waals surface area contributed by atoms with Gasteiger partial charge in [-0.05, 0) is 33.9 Å². The van der Waals surface area contributed by atoms with Crippen molar-refractivity contribution < 1.29 is 9.59 Å². The Labute approximate surface area is 162 Å².